The molecule has 0 unspecified atom stereocenters. The first-order valence-corrected chi connectivity index (χ1v) is 6.91. The van der Waals surface area contributed by atoms with E-state index in [0.717, 1.165) is 6.42 Å². The second-order valence-corrected chi connectivity index (χ2v) is 5.93. The zero-order valence-electron chi connectivity index (χ0n) is 12.7. The van der Waals surface area contributed by atoms with Gasteiger partial charge in [0.05, 0.1) is 4.92 Å². The van der Waals surface area contributed by atoms with E-state index in [9.17, 15) is 14.9 Å². The number of non-ortho nitro benzene ring substituents is 1. The fourth-order valence-electron chi connectivity index (χ4n) is 2.08. The number of amides is 1. The van der Waals surface area contributed by atoms with Crippen molar-refractivity contribution in [3.8, 4) is 0 Å². The third-order valence-electron chi connectivity index (χ3n) is 3.40. The van der Waals surface area contributed by atoms with Crippen molar-refractivity contribution in [2.24, 2.45) is 5.41 Å². The van der Waals surface area contributed by atoms with E-state index in [1.54, 1.807) is 6.92 Å². The fraction of sp³-hybridized carbons (Fsp3) is 0.533. The summed E-state index contributed by atoms with van der Waals surface area (Å²) >= 11 is 0. The van der Waals surface area contributed by atoms with Gasteiger partial charge in [0.15, 0.2) is 0 Å². The molecule has 1 amide bonds. The van der Waals surface area contributed by atoms with Crippen molar-refractivity contribution in [2.75, 3.05) is 13.2 Å². The number of hydrogen-bond acceptors (Lipinski definition) is 4. The maximum absolute atomic E-state index is 12.1. The molecule has 0 aliphatic carbocycles. The van der Waals surface area contributed by atoms with E-state index in [4.69, 9.17) is 5.11 Å². The molecule has 0 radical (unpaired) electrons. The van der Waals surface area contributed by atoms with Crippen molar-refractivity contribution in [3.63, 3.8) is 0 Å². The molecule has 0 saturated carbocycles. The summed E-state index contributed by atoms with van der Waals surface area (Å²) in [4.78, 5) is 22.3. The molecule has 116 valence electrons. The number of nitrogens with zero attached hydrogens (tertiary/aromatic N) is 1. The Balaban J connectivity index is 2.70. The summed E-state index contributed by atoms with van der Waals surface area (Å²) in [5.41, 5.74) is 0.897. The van der Waals surface area contributed by atoms with Crippen molar-refractivity contribution in [1.82, 2.24) is 5.32 Å². The third kappa shape index (κ3) is 5.15. The summed E-state index contributed by atoms with van der Waals surface area (Å²) in [7, 11) is 0. The second kappa shape index (κ2) is 7.17. The van der Waals surface area contributed by atoms with Crippen LogP contribution in [0.1, 0.15) is 42.6 Å². The standard InChI is InChI=1S/C15H22N2O4/c1-11-9-12(17(20)21)5-6-13(11)14(19)16-10-15(2,3)7-4-8-18/h5-6,9,18H,4,7-8,10H2,1-3H3,(H,16,19). The van der Waals surface area contributed by atoms with Gasteiger partial charge in [0.25, 0.3) is 11.6 Å². The minimum absolute atomic E-state index is 0.0210. The van der Waals surface area contributed by atoms with Gasteiger partial charge in [-0.15, -0.1) is 0 Å². The van der Waals surface area contributed by atoms with Gasteiger partial charge in [-0.25, -0.2) is 0 Å². The van der Waals surface area contributed by atoms with Crippen LogP contribution in [-0.4, -0.2) is 29.1 Å². The van der Waals surface area contributed by atoms with E-state index in [2.05, 4.69) is 5.32 Å². The zero-order chi connectivity index (χ0) is 16.0. The number of aryl methyl sites for hydroxylation is 1. The number of carbonyl (C=O) groups excluding carboxylic acids is 1. The van der Waals surface area contributed by atoms with Crippen LogP contribution >= 0.6 is 0 Å². The fourth-order valence-corrected chi connectivity index (χ4v) is 2.08. The van der Waals surface area contributed by atoms with E-state index in [1.807, 2.05) is 13.8 Å². The van der Waals surface area contributed by atoms with E-state index >= 15 is 0 Å². The molecular formula is C15H22N2O4. The minimum Gasteiger partial charge on any atom is -0.396 e. The zero-order valence-corrected chi connectivity index (χ0v) is 12.7. The lowest BCUT2D eigenvalue weighted by Gasteiger charge is -2.24. The third-order valence-corrected chi connectivity index (χ3v) is 3.40. The van der Waals surface area contributed by atoms with Crippen molar-refractivity contribution >= 4 is 11.6 Å². The van der Waals surface area contributed by atoms with Crippen molar-refractivity contribution in [3.05, 3.63) is 39.4 Å². The monoisotopic (exact) mass is 294 g/mol. The smallest absolute Gasteiger partial charge is 0.269 e. The topological polar surface area (TPSA) is 92.5 Å². The van der Waals surface area contributed by atoms with Crippen molar-refractivity contribution < 1.29 is 14.8 Å². The number of aliphatic hydroxyl groups excluding tert-OH is 1. The Kier molecular flexibility index (Phi) is 5.84. The molecule has 21 heavy (non-hydrogen) atoms. The van der Waals surface area contributed by atoms with Gasteiger partial charge < -0.3 is 10.4 Å². The molecule has 0 fully saturated rings. The summed E-state index contributed by atoms with van der Waals surface area (Å²) < 4.78 is 0. The van der Waals surface area contributed by atoms with Crippen LogP contribution in [0.3, 0.4) is 0 Å². The molecule has 1 rings (SSSR count). The SMILES string of the molecule is Cc1cc([N+](=O)[O-])ccc1C(=O)NCC(C)(C)CCCO. The number of nitro benzene ring substituents is 1. The molecule has 6 nitrogen and oxygen atoms in total. The number of benzene rings is 1. The Morgan fingerprint density at radius 3 is 2.62 bits per heavy atom. The normalized spacial score (nSPS) is 11.2. The molecule has 0 bridgehead atoms. The average Bonchev–Trinajstić information content (AvgIpc) is 2.42. The van der Waals surface area contributed by atoms with Crippen LogP contribution in [0.4, 0.5) is 5.69 Å². The van der Waals surface area contributed by atoms with E-state index in [1.165, 1.54) is 18.2 Å². The Hall–Kier alpha value is -1.95. The van der Waals surface area contributed by atoms with Gasteiger partial charge >= 0.3 is 0 Å². The highest BCUT2D eigenvalue weighted by atomic mass is 16.6. The van der Waals surface area contributed by atoms with Crippen LogP contribution in [0.2, 0.25) is 0 Å². The molecule has 0 heterocycles. The molecule has 2 N–H and O–H groups in total. The highest BCUT2D eigenvalue weighted by Gasteiger charge is 2.20. The predicted octanol–water partition coefficient (Wildman–Crippen LogP) is 2.43. The van der Waals surface area contributed by atoms with Crippen molar-refractivity contribution in [2.45, 2.75) is 33.6 Å². The Morgan fingerprint density at radius 1 is 1.43 bits per heavy atom. The summed E-state index contributed by atoms with van der Waals surface area (Å²) in [6.07, 6.45) is 1.50. The van der Waals surface area contributed by atoms with Crippen LogP contribution in [0, 0.1) is 22.5 Å². The van der Waals surface area contributed by atoms with Crippen LogP contribution in [0.15, 0.2) is 18.2 Å². The van der Waals surface area contributed by atoms with Gasteiger partial charge in [-0.05, 0) is 36.8 Å². The maximum atomic E-state index is 12.1. The molecule has 1 aromatic rings. The van der Waals surface area contributed by atoms with Gasteiger partial charge in [0.1, 0.15) is 0 Å². The predicted molar refractivity (Wildman–Crippen MR) is 80.3 cm³/mol. The number of rotatable bonds is 7. The van der Waals surface area contributed by atoms with E-state index < -0.39 is 4.92 Å². The lowest BCUT2D eigenvalue weighted by molar-refractivity contribution is -0.384. The first kappa shape index (κ1) is 17.1. The summed E-state index contributed by atoms with van der Waals surface area (Å²) in [5.74, 6) is -0.237. The first-order chi connectivity index (χ1) is 9.76. The lowest BCUT2D eigenvalue weighted by atomic mass is 9.88. The average molecular weight is 294 g/mol. The Labute approximate surface area is 124 Å². The molecule has 0 atom stereocenters. The Bertz CT molecular complexity index is 526. The molecule has 1 aromatic carbocycles. The first-order valence-electron chi connectivity index (χ1n) is 6.91. The maximum Gasteiger partial charge on any atom is 0.269 e. The lowest BCUT2D eigenvalue weighted by Crippen LogP contribution is -2.34. The number of aliphatic hydroxyl groups is 1. The number of nitro groups is 1. The van der Waals surface area contributed by atoms with Gasteiger partial charge in [-0.1, -0.05) is 13.8 Å². The van der Waals surface area contributed by atoms with Crippen LogP contribution < -0.4 is 5.32 Å². The second-order valence-electron chi connectivity index (χ2n) is 5.93. The van der Waals surface area contributed by atoms with Gasteiger partial charge in [0, 0.05) is 30.8 Å². The quantitative estimate of drug-likeness (QED) is 0.596. The van der Waals surface area contributed by atoms with E-state index in [0.29, 0.717) is 24.1 Å². The molecule has 0 aliphatic rings. The molecule has 0 saturated heterocycles. The minimum atomic E-state index is -0.479. The van der Waals surface area contributed by atoms with Gasteiger partial charge in [-0.2, -0.15) is 0 Å². The van der Waals surface area contributed by atoms with Gasteiger partial charge in [-0.3, -0.25) is 14.9 Å². The molecular weight excluding hydrogens is 272 g/mol. The van der Waals surface area contributed by atoms with Gasteiger partial charge in [0.2, 0.25) is 0 Å². The number of carbonyl (C=O) groups is 1. The summed E-state index contributed by atoms with van der Waals surface area (Å²) in [6, 6.07) is 4.20. The van der Waals surface area contributed by atoms with Crippen LogP contribution in [0.5, 0.6) is 0 Å². The number of nitrogens with one attached hydrogen (secondary N) is 1. The van der Waals surface area contributed by atoms with E-state index in [-0.39, 0.29) is 23.6 Å². The molecule has 0 spiro atoms. The molecule has 0 aromatic heterocycles. The highest BCUT2D eigenvalue weighted by molar-refractivity contribution is 5.95. The Morgan fingerprint density at radius 2 is 2.10 bits per heavy atom. The van der Waals surface area contributed by atoms with Crippen molar-refractivity contribution in [1.29, 1.82) is 0 Å². The molecule has 6 heteroatoms. The summed E-state index contributed by atoms with van der Waals surface area (Å²) in [6.45, 7) is 6.34. The molecule has 0 aliphatic heterocycles. The van der Waals surface area contributed by atoms with Crippen LogP contribution in [-0.2, 0) is 0 Å². The van der Waals surface area contributed by atoms with Crippen LogP contribution in [0.25, 0.3) is 0 Å². The highest BCUT2D eigenvalue weighted by Crippen LogP contribution is 2.21. The number of hydrogen-bond donors (Lipinski definition) is 2. The largest absolute Gasteiger partial charge is 0.396 e. The summed E-state index contributed by atoms with van der Waals surface area (Å²) in [5, 5.41) is 22.4.